The number of hydrazone groups is 1. The van der Waals surface area contributed by atoms with Crippen molar-refractivity contribution in [2.24, 2.45) is 11.7 Å². The van der Waals surface area contributed by atoms with Gasteiger partial charge in [-0.15, -0.1) is 4.68 Å². The van der Waals surface area contributed by atoms with Gasteiger partial charge in [0.1, 0.15) is 16.7 Å². The molecule has 2 amide bonds. The second-order valence-corrected chi connectivity index (χ2v) is 8.54. The SMILES string of the molecule is NNC=[N+](N)c1ccc(Cl)cc1C=CC(=O)NCc1nc(-c2ccc3c(c2)CCC(=O)N3)c(Cl)[nH]1. The van der Waals surface area contributed by atoms with Crippen LogP contribution in [0.1, 0.15) is 23.4 Å². The molecule has 2 aromatic carbocycles. The number of amides is 2. The van der Waals surface area contributed by atoms with E-state index in [1.54, 1.807) is 24.3 Å². The average Bonchev–Trinajstić information content (AvgIpc) is 3.21. The highest BCUT2D eigenvalue weighted by Crippen LogP contribution is 2.31. The Labute approximate surface area is 211 Å². The zero-order valence-electron chi connectivity index (χ0n) is 18.4. The molecule has 10 nitrogen and oxygen atoms in total. The van der Waals surface area contributed by atoms with Gasteiger partial charge in [0.15, 0.2) is 5.69 Å². The molecule has 0 saturated carbocycles. The zero-order valence-corrected chi connectivity index (χ0v) is 20.0. The first-order valence-corrected chi connectivity index (χ1v) is 11.4. The van der Waals surface area contributed by atoms with Crippen LogP contribution in [0.2, 0.25) is 10.2 Å². The van der Waals surface area contributed by atoms with Crippen LogP contribution in [0.15, 0.2) is 42.5 Å². The summed E-state index contributed by atoms with van der Waals surface area (Å²) in [7, 11) is 0. The number of carbonyl (C=O) groups excluding carboxylic acids is 2. The zero-order chi connectivity index (χ0) is 24.9. The highest BCUT2D eigenvalue weighted by Gasteiger charge is 2.17. The minimum Gasteiger partial charge on any atom is -0.345 e. The summed E-state index contributed by atoms with van der Waals surface area (Å²) in [4.78, 5) is 31.5. The third-order valence-corrected chi connectivity index (χ3v) is 5.82. The fourth-order valence-electron chi connectivity index (χ4n) is 3.64. The molecule has 3 aromatic rings. The quantitative estimate of drug-likeness (QED) is 0.0712. The van der Waals surface area contributed by atoms with Crippen LogP contribution in [0, 0.1) is 0 Å². The van der Waals surface area contributed by atoms with Crippen molar-refractivity contribution in [3.8, 4) is 11.3 Å². The molecule has 0 radical (unpaired) electrons. The molecule has 0 bridgehead atoms. The lowest BCUT2D eigenvalue weighted by Gasteiger charge is -2.17. The van der Waals surface area contributed by atoms with Gasteiger partial charge < -0.3 is 15.6 Å². The van der Waals surface area contributed by atoms with Crippen LogP contribution in [-0.2, 0) is 22.6 Å². The minimum absolute atomic E-state index is 0.00738. The molecule has 0 fully saturated rings. The second-order valence-electron chi connectivity index (χ2n) is 7.72. The standard InChI is InChI=1S/C23H22Cl2N8O2/c24-16-4-6-18(33(27)12-29-26)14(10-16)3-7-20(34)28-11-19-31-22(23(25)32-19)15-1-5-17-13(9-15)2-8-21(35)30-17/h1,3-7,9-10,12H,2,8,11,26-27H2,(H3,28,30,31,32,34,35)/p+1. The van der Waals surface area contributed by atoms with Gasteiger partial charge in [-0.1, -0.05) is 29.3 Å². The monoisotopic (exact) mass is 513 g/mol. The van der Waals surface area contributed by atoms with Crippen molar-refractivity contribution in [1.82, 2.24) is 20.7 Å². The van der Waals surface area contributed by atoms with Crippen molar-refractivity contribution in [3.63, 3.8) is 0 Å². The van der Waals surface area contributed by atoms with Gasteiger partial charge in [0.25, 0.3) is 6.34 Å². The Morgan fingerprint density at radius 3 is 2.83 bits per heavy atom. The first-order valence-electron chi connectivity index (χ1n) is 10.6. The number of imidazole rings is 1. The summed E-state index contributed by atoms with van der Waals surface area (Å²) >= 11 is 12.5. The van der Waals surface area contributed by atoms with Crippen LogP contribution in [0.5, 0.6) is 0 Å². The maximum atomic E-state index is 12.4. The van der Waals surface area contributed by atoms with Crippen LogP contribution in [0.25, 0.3) is 17.3 Å². The van der Waals surface area contributed by atoms with Gasteiger partial charge in [0, 0.05) is 34.3 Å². The van der Waals surface area contributed by atoms with Crippen LogP contribution in [-0.4, -0.2) is 32.8 Å². The van der Waals surface area contributed by atoms with E-state index in [-0.39, 0.29) is 18.4 Å². The number of aromatic amines is 1. The van der Waals surface area contributed by atoms with Gasteiger partial charge in [0.2, 0.25) is 11.8 Å². The molecule has 35 heavy (non-hydrogen) atoms. The molecule has 1 aromatic heterocycles. The van der Waals surface area contributed by atoms with Crippen molar-refractivity contribution in [1.29, 1.82) is 0 Å². The van der Waals surface area contributed by atoms with E-state index in [2.05, 4.69) is 26.0 Å². The number of hydrazine groups is 2. The Hall–Kier alpha value is -3.86. The number of nitrogens with zero attached hydrogens (tertiary/aromatic N) is 2. The Morgan fingerprint density at radius 2 is 2.03 bits per heavy atom. The topological polar surface area (TPSA) is 154 Å². The lowest BCUT2D eigenvalue weighted by molar-refractivity contribution is -0.449. The summed E-state index contributed by atoms with van der Waals surface area (Å²) in [6, 6.07) is 10.7. The number of nitrogens with one attached hydrogen (secondary N) is 4. The van der Waals surface area contributed by atoms with E-state index in [0.717, 1.165) is 16.8 Å². The number of hydrogen-bond acceptors (Lipinski definition) is 5. The summed E-state index contributed by atoms with van der Waals surface area (Å²) < 4.78 is 1.27. The molecular weight excluding hydrogens is 491 g/mol. The molecule has 1 aliphatic heterocycles. The number of fused-ring (bicyclic) bond motifs is 1. The van der Waals surface area contributed by atoms with E-state index >= 15 is 0 Å². The summed E-state index contributed by atoms with van der Waals surface area (Å²) in [5.74, 6) is 11.4. The summed E-state index contributed by atoms with van der Waals surface area (Å²) in [5.41, 5.74) is 6.77. The number of benzene rings is 2. The molecule has 0 atom stereocenters. The number of anilines is 1. The van der Waals surface area contributed by atoms with Gasteiger partial charge >= 0.3 is 0 Å². The van der Waals surface area contributed by atoms with Gasteiger partial charge in [0.05, 0.1) is 6.54 Å². The first kappa shape index (κ1) is 24.3. The fraction of sp³-hybridized carbons (Fsp3) is 0.130. The molecule has 0 aliphatic carbocycles. The molecule has 2 heterocycles. The van der Waals surface area contributed by atoms with Crippen molar-refractivity contribution in [2.45, 2.75) is 19.4 Å². The predicted octanol–water partition coefficient (Wildman–Crippen LogP) is 2.61. The van der Waals surface area contributed by atoms with Crippen molar-refractivity contribution in [2.75, 3.05) is 5.32 Å². The molecular formula is C23H23Cl2N8O2+. The summed E-state index contributed by atoms with van der Waals surface area (Å²) in [5, 5.41) is 6.47. The van der Waals surface area contributed by atoms with Gasteiger partial charge in [-0.3, -0.25) is 15.4 Å². The number of H-pyrrole nitrogens is 1. The third-order valence-electron chi connectivity index (χ3n) is 5.31. The maximum absolute atomic E-state index is 12.4. The van der Waals surface area contributed by atoms with Crippen molar-refractivity contribution in [3.05, 3.63) is 69.6 Å². The highest BCUT2D eigenvalue weighted by molar-refractivity contribution is 6.32. The van der Waals surface area contributed by atoms with Crippen molar-refractivity contribution < 1.29 is 14.3 Å². The molecule has 0 spiro atoms. The van der Waals surface area contributed by atoms with Crippen LogP contribution in [0.3, 0.4) is 0 Å². The molecule has 4 rings (SSSR count). The number of nitrogens with two attached hydrogens (primary N) is 2. The van der Waals surface area contributed by atoms with Gasteiger partial charge in [-0.05, 0) is 48.4 Å². The van der Waals surface area contributed by atoms with Gasteiger partial charge in [-0.25, -0.2) is 10.4 Å². The average molecular weight is 514 g/mol. The van der Waals surface area contributed by atoms with E-state index in [9.17, 15) is 9.59 Å². The fourth-order valence-corrected chi connectivity index (χ4v) is 4.08. The minimum atomic E-state index is -0.348. The number of halogens is 2. The van der Waals surface area contributed by atoms with Crippen LogP contribution >= 0.6 is 23.2 Å². The Balaban J connectivity index is 1.43. The Bertz CT molecular complexity index is 1350. The molecule has 180 valence electrons. The number of aryl methyl sites for hydroxylation is 1. The summed E-state index contributed by atoms with van der Waals surface area (Å²) in [6.45, 7) is 0.139. The number of rotatable bonds is 7. The molecule has 0 unspecified atom stereocenters. The highest BCUT2D eigenvalue weighted by atomic mass is 35.5. The lowest BCUT2D eigenvalue weighted by atomic mass is 9.99. The lowest BCUT2D eigenvalue weighted by Crippen LogP contribution is -2.29. The van der Waals surface area contributed by atoms with Crippen LogP contribution < -0.4 is 27.7 Å². The Morgan fingerprint density at radius 1 is 1.20 bits per heavy atom. The maximum Gasteiger partial charge on any atom is 0.278 e. The van der Waals surface area contributed by atoms with E-state index in [1.807, 2.05) is 18.2 Å². The van der Waals surface area contributed by atoms with E-state index in [0.29, 0.717) is 45.8 Å². The van der Waals surface area contributed by atoms with Crippen molar-refractivity contribution >= 4 is 58.8 Å². The van der Waals surface area contributed by atoms with E-state index in [1.165, 1.54) is 17.1 Å². The molecule has 1 aliphatic rings. The second kappa shape index (κ2) is 10.6. The molecule has 12 heteroatoms. The smallest absolute Gasteiger partial charge is 0.278 e. The summed E-state index contributed by atoms with van der Waals surface area (Å²) in [6.07, 6.45) is 5.41. The number of aromatic nitrogens is 2. The Kier molecular flexibility index (Phi) is 7.35. The van der Waals surface area contributed by atoms with E-state index in [4.69, 9.17) is 34.9 Å². The number of carbonyl (C=O) groups is 2. The predicted molar refractivity (Wildman–Crippen MR) is 136 cm³/mol. The molecule has 0 saturated heterocycles. The number of hydrogen-bond donors (Lipinski definition) is 6. The largest absolute Gasteiger partial charge is 0.345 e. The third kappa shape index (κ3) is 5.80. The van der Waals surface area contributed by atoms with Crippen LogP contribution in [0.4, 0.5) is 11.4 Å². The first-order chi connectivity index (χ1) is 16.8. The molecule has 8 N–H and O–H groups in total. The van der Waals surface area contributed by atoms with Gasteiger partial charge in [-0.2, -0.15) is 5.84 Å². The normalized spacial score (nSPS) is 13.5. The van der Waals surface area contributed by atoms with E-state index < -0.39 is 0 Å².